The third kappa shape index (κ3) is 4.52. The summed E-state index contributed by atoms with van der Waals surface area (Å²) in [6, 6.07) is 10.6. The summed E-state index contributed by atoms with van der Waals surface area (Å²) in [5.41, 5.74) is 0.753. The smallest absolute Gasteiger partial charge is 0.261 e. The van der Waals surface area contributed by atoms with E-state index in [0.717, 1.165) is 5.56 Å². The molecule has 0 saturated carbocycles. The molecule has 6 nitrogen and oxygen atoms in total. The Morgan fingerprint density at radius 2 is 1.69 bits per heavy atom. The number of amides is 1. The van der Waals surface area contributed by atoms with Gasteiger partial charge in [0.05, 0.1) is 26.4 Å². The molecule has 0 bridgehead atoms. The lowest BCUT2D eigenvalue weighted by atomic mass is 10.1. The topological polar surface area (TPSA) is 66.0 Å². The standard InChI is InChI=1S/C19H22ClNO5/c1-12(26-15-8-6-5-7-14(15)20)19(22)21-11-13-9-10-16(23-2)18(25-4)17(13)24-3/h5-10,12H,11H2,1-4H3,(H,21,22)/t12-/m0/s1. The maximum absolute atomic E-state index is 12.3. The SMILES string of the molecule is COc1ccc(CNC(=O)[C@H](C)Oc2ccccc2Cl)c(OC)c1OC. The van der Waals surface area contributed by atoms with Crippen LogP contribution in [-0.4, -0.2) is 33.3 Å². The Balaban J connectivity index is 2.06. The molecule has 2 aromatic carbocycles. The molecule has 0 unspecified atom stereocenters. The molecule has 0 saturated heterocycles. The van der Waals surface area contributed by atoms with E-state index in [9.17, 15) is 4.79 Å². The molecule has 0 radical (unpaired) electrons. The molecule has 2 aromatic rings. The number of hydrogen-bond donors (Lipinski definition) is 1. The van der Waals surface area contributed by atoms with E-state index in [1.165, 1.54) is 14.2 Å². The molecule has 0 heterocycles. The van der Waals surface area contributed by atoms with Crippen LogP contribution in [0.25, 0.3) is 0 Å². The zero-order valence-corrected chi connectivity index (χ0v) is 15.9. The minimum atomic E-state index is -0.707. The summed E-state index contributed by atoms with van der Waals surface area (Å²) < 4.78 is 21.6. The van der Waals surface area contributed by atoms with Crippen LogP contribution in [0, 0.1) is 0 Å². The Morgan fingerprint density at radius 3 is 2.31 bits per heavy atom. The average Bonchev–Trinajstić information content (AvgIpc) is 2.66. The Labute approximate surface area is 158 Å². The van der Waals surface area contributed by atoms with Gasteiger partial charge in [0, 0.05) is 12.1 Å². The number of rotatable bonds is 8. The fourth-order valence-electron chi connectivity index (χ4n) is 2.41. The van der Waals surface area contributed by atoms with Crippen molar-refractivity contribution in [2.24, 2.45) is 0 Å². The quantitative estimate of drug-likeness (QED) is 0.761. The second kappa shape index (κ2) is 9.20. The summed E-state index contributed by atoms with van der Waals surface area (Å²) >= 11 is 6.05. The van der Waals surface area contributed by atoms with Gasteiger partial charge >= 0.3 is 0 Å². The van der Waals surface area contributed by atoms with Crippen LogP contribution in [0.3, 0.4) is 0 Å². The molecule has 0 fully saturated rings. The van der Waals surface area contributed by atoms with Crippen molar-refractivity contribution in [1.82, 2.24) is 5.32 Å². The molecule has 0 aliphatic heterocycles. The molecule has 0 aromatic heterocycles. The first-order valence-electron chi connectivity index (χ1n) is 7.98. The Hall–Kier alpha value is -2.60. The molecular weight excluding hydrogens is 358 g/mol. The number of halogens is 1. The monoisotopic (exact) mass is 379 g/mol. The van der Waals surface area contributed by atoms with Gasteiger partial charge in [-0.3, -0.25) is 4.79 Å². The van der Waals surface area contributed by atoms with Gasteiger partial charge in [-0.2, -0.15) is 0 Å². The van der Waals surface area contributed by atoms with Crippen molar-refractivity contribution >= 4 is 17.5 Å². The second-order valence-corrected chi connectivity index (χ2v) is 5.81. The van der Waals surface area contributed by atoms with Crippen LogP contribution in [0.1, 0.15) is 12.5 Å². The van der Waals surface area contributed by atoms with Crippen molar-refractivity contribution in [3.63, 3.8) is 0 Å². The van der Waals surface area contributed by atoms with E-state index in [1.807, 2.05) is 0 Å². The van der Waals surface area contributed by atoms with E-state index >= 15 is 0 Å². The lowest BCUT2D eigenvalue weighted by molar-refractivity contribution is -0.127. The number of ether oxygens (including phenoxy) is 4. The van der Waals surface area contributed by atoms with Crippen molar-refractivity contribution in [3.05, 3.63) is 47.0 Å². The molecule has 0 aliphatic rings. The second-order valence-electron chi connectivity index (χ2n) is 5.40. The van der Waals surface area contributed by atoms with Crippen molar-refractivity contribution in [3.8, 4) is 23.0 Å². The molecule has 140 valence electrons. The molecule has 26 heavy (non-hydrogen) atoms. The number of carbonyl (C=O) groups is 1. The molecule has 7 heteroatoms. The van der Waals surface area contributed by atoms with Crippen molar-refractivity contribution in [1.29, 1.82) is 0 Å². The first kappa shape index (κ1) is 19.7. The zero-order chi connectivity index (χ0) is 19.1. The summed E-state index contributed by atoms with van der Waals surface area (Å²) in [6.07, 6.45) is -0.707. The third-order valence-electron chi connectivity index (χ3n) is 3.75. The Kier molecular flexibility index (Phi) is 6.97. The van der Waals surface area contributed by atoms with E-state index in [4.69, 9.17) is 30.5 Å². The predicted molar refractivity (Wildman–Crippen MR) is 99.5 cm³/mol. The minimum absolute atomic E-state index is 0.249. The van der Waals surface area contributed by atoms with Gasteiger partial charge in [-0.15, -0.1) is 0 Å². The number of carbonyl (C=O) groups excluding carboxylic acids is 1. The van der Waals surface area contributed by atoms with Crippen LogP contribution in [0.15, 0.2) is 36.4 Å². The lowest BCUT2D eigenvalue weighted by Crippen LogP contribution is -2.36. The van der Waals surface area contributed by atoms with Gasteiger partial charge in [-0.05, 0) is 31.2 Å². The molecular formula is C19H22ClNO5. The first-order valence-corrected chi connectivity index (χ1v) is 8.36. The number of benzene rings is 2. The maximum atomic E-state index is 12.3. The fraction of sp³-hybridized carbons (Fsp3) is 0.316. The van der Waals surface area contributed by atoms with Gasteiger partial charge in [-0.1, -0.05) is 23.7 Å². The molecule has 1 atom stereocenters. The molecule has 2 rings (SSSR count). The fourth-order valence-corrected chi connectivity index (χ4v) is 2.59. The van der Waals surface area contributed by atoms with Crippen LogP contribution in [0.5, 0.6) is 23.0 Å². The van der Waals surface area contributed by atoms with Crippen molar-refractivity contribution in [2.75, 3.05) is 21.3 Å². The summed E-state index contributed by atoms with van der Waals surface area (Å²) in [5.74, 6) is 1.71. The van der Waals surface area contributed by atoms with Gasteiger partial charge in [0.25, 0.3) is 5.91 Å². The van der Waals surface area contributed by atoms with Crippen molar-refractivity contribution in [2.45, 2.75) is 19.6 Å². The van der Waals surface area contributed by atoms with E-state index in [0.29, 0.717) is 28.0 Å². The highest BCUT2D eigenvalue weighted by Crippen LogP contribution is 2.39. The highest BCUT2D eigenvalue weighted by atomic mass is 35.5. The summed E-state index contributed by atoms with van der Waals surface area (Å²) in [6.45, 7) is 1.91. The first-order chi connectivity index (χ1) is 12.5. The van der Waals surface area contributed by atoms with Crippen LogP contribution in [0.4, 0.5) is 0 Å². The Morgan fingerprint density at radius 1 is 1.00 bits per heavy atom. The van der Waals surface area contributed by atoms with E-state index < -0.39 is 6.10 Å². The van der Waals surface area contributed by atoms with Crippen LogP contribution in [0.2, 0.25) is 5.02 Å². The molecule has 1 amide bonds. The van der Waals surface area contributed by atoms with Gasteiger partial charge in [0.15, 0.2) is 17.6 Å². The highest BCUT2D eigenvalue weighted by Gasteiger charge is 2.19. The van der Waals surface area contributed by atoms with E-state index in [-0.39, 0.29) is 12.5 Å². The predicted octanol–water partition coefficient (Wildman–Crippen LogP) is 3.45. The van der Waals surface area contributed by atoms with Gasteiger partial charge in [0.2, 0.25) is 5.75 Å². The molecule has 0 spiro atoms. The van der Waals surface area contributed by atoms with Gasteiger partial charge in [-0.25, -0.2) is 0 Å². The summed E-state index contributed by atoms with van der Waals surface area (Å²) in [4.78, 5) is 12.3. The van der Waals surface area contributed by atoms with Crippen LogP contribution in [-0.2, 0) is 11.3 Å². The number of methoxy groups -OCH3 is 3. The molecule has 1 N–H and O–H groups in total. The minimum Gasteiger partial charge on any atom is -0.493 e. The normalized spacial score (nSPS) is 11.4. The van der Waals surface area contributed by atoms with E-state index in [1.54, 1.807) is 50.4 Å². The van der Waals surface area contributed by atoms with E-state index in [2.05, 4.69) is 5.32 Å². The van der Waals surface area contributed by atoms with Gasteiger partial charge in [0.1, 0.15) is 5.75 Å². The lowest BCUT2D eigenvalue weighted by Gasteiger charge is -2.18. The van der Waals surface area contributed by atoms with Crippen molar-refractivity contribution < 1.29 is 23.7 Å². The summed E-state index contributed by atoms with van der Waals surface area (Å²) in [7, 11) is 4.61. The maximum Gasteiger partial charge on any atom is 0.261 e. The zero-order valence-electron chi connectivity index (χ0n) is 15.2. The molecule has 0 aliphatic carbocycles. The number of nitrogens with one attached hydrogen (secondary N) is 1. The van der Waals surface area contributed by atoms with Crippen LogP contribution < -0.4 is 24.3 Å². The highest BCUT2D eigenvalue weighted by molar-refractivity contribution is 6.32. The van der Waals surface area contributed by atoms with Crippen LogP contribution >= 0.6 is 11.6 Å². The largest absolute Gasteiger partial charge is 0.493 e. The number of hydrogen-bond acceptors (Lipinski definition) is 5. The summed E-state index contributed by atoms with van der Waals surface area (Å²) in [5, 5.41) is 3.27. The number of para-hydroxylation sites is 1. The van der Waals surface area contributed by atoms with Gasteiger partial charge < -0.3 is 24.3 Å². The third-order valence-corrected chi connectivity index (χ3v) is 4.06. The Bertz CT molecular complexity index is 766. The average molecular weight is 380 g/mol.